The quantitative estimate of drug-likeness (QED) is 0.484. The van der Waals surface area contributed by atoms with Gasteiger partial charge in [-0.05, 0) is 19.8 Å². The number of carbonyl (C=O) groups is 1. The number of carbonyl (C=O) groups excluding carboxylic acids is 1. The molecule has 2 N–H and O–H groups in total. The van der Waals surface area contributed by atoms with Gasteiger partial charge < -0.3 is 15.2 Å². The van der Waals surface area contributed by atoms with Gasteiger partial charge in [0.05, 0.1) is 6.61 Å². The second-order valence-corrected chi connectivity index (χ2v) is 3.20. The van der Waals surface area contributed by atoms with Crippen molar-refractivity contribution in [2.75, 3.05) is 19.8 Å². The van der Waals surface area contributed by atoms with Crippen LogP contribution in [0.25, 0.3) is 0 Å². The standard InChI is InChI=1S/C10H19NO3/c1-9(2)5-3-6-11-10(13)14-8-4-7-12/h12H,1,3-8H2,2H3,(H,11,13). The number of allylic oxidation sites excluding steroid dienone is 1. The van der Waals surface area contributed by atoms with E-state index in [2.05, 4.69) is 11.9 Å². The molecule has 0 aromatic carbocycles. The number of alkyl carbamates (subject to hydrolysis) is 1. The van der Waals surface area contributed by atoms with Crippen LogP contribution in [-0.4, -0.2) is 31.0 Å². The summed E-state index contributed by atoms with van der Waals surface area (Å²) in [5.74, 6) is 0. The highest BCUT2D eigenvalue weighted by Crippen LogP contribution is 1.98. The molecule has 0 aliphatic rings. The molecule has 0 fully saturated rings. The number of aliphatic hydroxyl groups is 1. The van der Waals surface area contributed by atoms with E-state index in [0.717, 1.165) is 18.4 Å². The minimum Gasteiger partial charge on any atom is -0.449 e. The number of nitrogens with one attached hydrogen (secondary N) is 1. The second kappa shape index (κ2) is 8.56. The SMILES string of the molecule is C=C(C)CCCNC(=O)OCCCO. The van der Waals surface area contributed by atoms with E-state index in [4.69, 9.17) is 9.84 Å². The maximum atomic E-state index is 10.9. The second-order valence-electron chi connectivity index (χ2n) is 3.20. The number of hydrogen-bond acceptors (Lipinski definition) is 3. The van der Waals surface area contributed by atoms with Gasteiger partial charge in [0.1, 0.15) is 0 Å². The summed E-state index contributed by atoms with van der Waals surface area (Å²) in [7, 11) is 0. The van der Waals surface area contributed by atoms with Crippen LogP contribution < -0.4 is 5.32 Å². The first-order valence-corrected chi connectivity index (χ1v) is 4.82. The Balaban J connectivity index is 3.22. The Hall–Kier alpha value is -1.03. The highest BCUT2D eigenvalue weighted by atomic mass is 16.5. The maximum Gasteiger partial charge on any atom is 0.407 e. The van der Waals surface area contributed by atoms with E-state index in [1.807, 2.05) is 6.92 Å². The van der Waals surface area contributed by atoms with E-state index in [1.54, 1.807) is 0 Å². The molecular weight excluding hydrogens is 182 g/mol. The fourth-order valence-corrected chi connectivity index (χ4v) is 0.861. The number of rotatable bonds is 7. The van der Waals surface area contributed by atoms with Gasteiger partial charge in [0.15, 0.2) is 0 Å². The normalized spacial score (nSPS) is 9.57. The molecule has 0 heterocycles. The minimum atomic E-state index is -0.417. The summed E-state index contributed by atoms with van der Waals surface area (Å²) in [6.45, 7) is 6.63. The molecule has 82 valence electrons. The summed E-state index contributed by atoms with van der Waals surface area (Å²) in [6, 6.07) is 0. The molecule has 0 aromatic rings. The molecule has 0 rings (SSSR count). The Morgan fingerprint density at radius 1 is 1.50 bits per heavy atom. The molecule has 14 heavy (non-hydrogen) atoms. The average Bonchev–Trinajstić information content (AvgIpc) is 2.13. The molecule has 0 spiro atoms. The summed E-state index contributed by atoms with van der Waals surface area (Å²) in [6.07, 6.45) is 1.86. The first kappa shape index (κ1) is 13.0. The zero-order chi connectivity index (χ0) is 10.8. The van der Waals surface area contributed by atoms with E-state index in [-0.39, 0.29) is 13.2 Å². The third kappa shape index (κ3) is 9.06. The first-order chi connectivity index (χ1) is 6.66. The third-order valence-electron chi connectivity index (χ3n) is 1.59. The van der Waals surface area contributed by atoms with Crippen LogP contribution in [0.1, 0.15) is 26.2 Å². The Morgan fingerprint density at radius 3 is 2.79 bits per heavy atom. The van der Waals surface area contributed by atoms with Crippen molar-refractivity contribution in [1.29, 1.82) is 0 Å². The molecule has 0 atom stereocenters. The van der Waals surface area contributed by atoms with Crippen LogP contribution in [-0.2, 0) is 4.74 Å². The topological polar surface area (TPSA) is 58.6 Å². The summed E-state index contributed by atoms with van der Waals surface area (Å²) in [5.41, 5.74) is 1.11. The molecule has 0 saturated heterocycles. The summed E-state index contributed by atoms with van der Waals surface area (Å²) in [5, 5.41) is 11.0. The monoisotopic (exact) mass is 201 g/mol. The molecule has 0 aliphatic carbocycles. The number of hydrogen-bond donors (Lipinski definition) is 2. The highest BCUT2D eigenvalue weighted by molar-refractivity contribution is 5.66. The van der Waals surface area contributed by atoms with Gasteiger partial charge in [-0.25, -0.2) is 4.79 Å². The molecule has 4 nitrogen and oxygen atoms in total. The summed E-state index contributed by atoms with van der Waals surface area (Å²) >= 11 is 0. The molecule has 0 aliphatic heterocycles. The van der Waals surface area contributed by atoms with E-state index < -0.39 is 6.09 Å². The average molecular weight is 201 g/mol. The van der Waals surface area contributed by atoms with Crippen LogP contribution >= 0.6 is 0 Å². The fraction of sp³-hybridized carbons (Fsp3) is 0.700. The molecule has 0 unspecified atom stereocenters. The van der Waals surface area contributed by atoms with Crippen LogP contribution in [0, 0.1) is 0 Å². The van der Waals surface area contributed by atoms with Crippen molar-refractivity contribution in [3.05, 3.63) is 12.2 Å². The van der Waals surface area contributed by atoms with Crippen molar-refractivity contribution in [2.45, 2.75) is 26.2 Å². The molecular formula is C10H19NO3. The predicted molar refractivity (Wildman–Crippen MR) is 55.1 cm³/mol. The van der Waals surface area contributed by atoms with Gasteiger partial charge in [-0.1, -0.05) is 5.57 Å². The molecule has 0 radical (unpaired) electrons. The number of aliphatic hydroxyl groups excluding tert-OH is 1. The lowest BCUT2D eigenvalue weighted by atomic mass is 10.2. The van der Waals surface area contributed by atoms with E-state index >= 15 is 0 Å². The van der Waals surface area contributed by atoms with Gasteiger partial charge in [-0.15, -0.1) is 6.58 Å². The van der Waals surface area contributed by atoms with Gasteiger partial charge >= 0.3 is 6.09 Å². The molecule has 1 amide bonds. The van der Waals surface area contributed by atoms with Crippen molar-refractivity contribution in [1.82, 2.24) is 5.32 Å². The van der Waals surface area contributed by atoms with Gasteiger partial charge in [-0.3, -0.25) is 0 Å². The van der Waals surface area contributed by atoms with Crippen LogP contribution in [0.15, 0.2) is 12.2 Å². The van der Waals surface area contributed by atoms with Crippen molar-refractivity contribution >= 4 is 6.09 Å². The zero-order valence-electron chi connectivity index (χ0n) is 8.71. The number of amides is 1. The summed E-state index contributed by atoms with van der Waals surface area (Å²) < 4.78 is 4.76. The van der Waals surface area contributed by atoms with E-state index in [9.17, 15) is 4.79 Å². The fourth-order valence-electron chi connectivity index (χ4n) is 0.861. The van der Waals surface area contributed by atoms with Gasteiger partial charge in [-0.2, -0.15) is 0 Å². The largest absolute Gasteiger partial charge is 0.449 e. The van der Waals surface area contributed by atoms with E-state index in [1.165, 1.54) is 0 Å². The van der Waals surface area contributed by atoms with E-state index in [0.29, 0.717) is 13.0 Å². The highest BCUT2D eigenvalue weighted by Gasteiger charge is 1.99. The Morgan fingerprint density at radius 2 is 2.21 bits per heavy atom. The smallest absolute Gasteiger partial charge is 0.407 e. The zero-order valence-corrected chi connectivity index (χ0v) is 8.71. The summed E-state index contributed by atoms with van der Waals surface area (Å²) in [4.78, 5) is 10.9. The van der Waals surface area contributed by atoms with Crippen LogP contribution in [0.3, 0.4) is 0 Å². The molecule has 0 bridgehead atoms. The van der Waals surface area contributed by atoms with Gasteiger partial charge in [0.25, 0.3) is 0 Å². The van der Waals surface area contributed by atoms with Crippen LogP contribution in [0.5, 0.6) is 0 Å². The maximum absolute atomic E-state index is 10.9. The molecule has 0 saturated carbocycles. The van der Waals surface area contributed by atoms with Crippen molar-refractivity contribution in [2.24, 2.45) is 0 Å². The van der Waals surface area contributed by atoms with Gasteiger partial charge in [0.2, 0.25) is 0 Å². The van der Waals surface area contributed by atoms with Crippen LogP contribution in [0.4, 0.5) is 4.79 Å². The van der Waals surface area contributed by atoms with Crippen molar-refractivity contribution in [3.63, 3.8) is 0 Å². The lowest BCUT2D eigenvalue weighted by molar-refractivity contribution is 0.135. The van der Waals surface area contributed by atoms with Crippen molar-refractivity contribution in [3.8, 4) is 0 Å². The van der Waals surface area contributed by atoms with Crippen molar-refractivity contribution < 1.29 is 14.6 Å². The Kier molecular flexibility index (Phi) is 7.93. The van der Waals surface area contributed by atoms with Gasteiger partial charge in [0, 0.05) is 19.6 Å². The number of ether oxygens (including phenoxy) is 1. The Labute approximate surface area is 85.0 Å². The third-order valence-corrected chi connectivity index (χ3v) is 1.59. The minimum absolute atomic E-state index is 0.0446. The molecule has 0 aromatic heterocycles. The first-order valence-electron chi connectivity index (χ1n) is 4.82. The lowest BCUT2D eigenvalue weighted by Crippen LogP contribution is -2.25. The molecule has 4 heteroatoms. The Bertz CT molecular complexity index is 180. The van der Waals surface area contributed by atoms with Crippen LogP contribution in [0.2, 0.25) is 0 Å². The lowest BCUT2D eigenvalue weighted by Gasteiger charge is -2.05. The predicted octanol–water partition coefficient (Wildman–Crippen LogP) is 1.45.